The molecule has 0 spiro atoms. The van der Waals surface area contributed by atoms with E-state index in [1.165, 1.54) is 24.6 Å². The summed E-state index contributed by atoms with van der Waals surface area (Å²) < 4.78 is 5.89. The number of methoxy groups -OCH3 is 1. The lowest BCUT2D eigenvalue weighted by atomic mass is 9.97. The Hall–Kier alpha value is -3.15. The van der Waals surface area contributed by atoms with E-state index in [1.807, 2.05) is 13.0 Å². The molecule has 1 aliphatic carbocycles. The van der Waals surface area contributed by atoms with Crippen molar-refractivity contribution in [2.24, 2.45) is 5.92 Å². The van der Waals surface area contributed by atoms with Crippen LogP contribution in [0.4, 0.5) is 17.5 Å². The third-order valence-electron chi connectivity index (χ3n) is 7.84. The molecule has 0 radical (unpaired) electrons. The van der Waals surface area contributed by atoms with Gasteiger partial charge in [0.15, 0.2) is 22.6 Å². The Morgan fingerprint density at radius 3 is 2.49 bits per heavy atom. The number of nitrogens with zero attached hydrogens (tertiary/aromatic N) is 6. The normalized spacial score (nSPS) is 16.5. The van der Waals surface area contributed by atoms with Crippen LogP contribution in [0, 0.1) is 12.8 Å². The van der Waals surface area contributed by atoms with Crippen molar-refractivity contribution in [3.8, 4) is 5.75 Å². The molecule has 2 fully saturated rings. The van der Waals surface area contributed by atoms with Crippen LogP contribution >= 0.6 is 11.8 Å². The fourth-order valence-electron chi connectivity index (χ4n) is 5.45. The molecule has 1 saturated heterocycles. The minimum absolute atomic E-state index is 0.245. The highest BCUT2D eigenvalue weighted by Crippen LogP contribution is 2.38. The molecule has 10 nitrogen and oxygen atoms in total. The predicted molar refractivity (Wildman–Crippen MR) is 164 cm³/mol. The number of carbonyl (C=O) groups excluding carboxylic acids is 1. The van der Waals surface area contributed by atoms with Crippen LogP contribution in [0.15, 0.2) is 40.4 Å². The maximum Gasteiger partial charge on any atom is 0.204 e. The standard InChI is InChI=1S/C30H42N8O2S/c1-21-19-26(35-34-21)31-28-27(40-4)29(38-17-15-37(16-18-38)14-13-36(2)3)33-30(32-28)41-24-11-9-22(10-12-24)20-25(39)23-7-5-6-8-23/h9-12,19,23H,5-8,13-18,20H2,1-4H3,(H2,31,32,33,34,35). The highest BCUT2D eigenvalue weighted by atomic mass is 32.2. The summed E-state index contributed by atoms with van der Waals surface area (Å²) >= 11 is 1.51. The fourth-order valence-corrected chi connectivity index (χ4v) is 6.21. The Morgan fingerprint density at radius 2 is 1.85 bits per heavy atom. The van der Waals surface area contributed by atoms with Gasteiger partial charge in [0.2, 0.25) is 5.75 Å². The van der Waals surface area contributed by atoms with Crippen LogP contribution in [0.3, 0.4) is 0 Å². The van der Waals surface area contributed by atoms with Crippen molar-refractivity contribution in [1.29, 1.82) is 0 Å². The number of ketones is 1. The average molecular weight is 579 g/mol. The molecule has 3 heterocycles. The number of benzene rings is 1. The second-order valence-corrected chi connectivity index (χ2v) is 12.3. The first-order valence-electron chi connectivity index (χ1n) is 14.5. The molecular formula is C30H42N8O2S. The van der Waals surface area contributed by atoms with Crippen LogP contribution in [-0.4, -0.2) is 96.2 Å². The van der Waals surface area contributed by atoms with Gasteiger partial charge >= 0.3 is 0 Å². The number of rotatable bonds is 12. The summed E-state index contributed by atoms with van der Waals surface area (Å²) in [5.41, 5.74) is 2.02. The van der Waals surface area contributed by atoms with Crippen LogP contribution < -0.4 is 15.0 Å². The van der Waals surface area contributed by atoms with E-state index in [1.54, 1.807) is 7.11 Å². The van der Waals surface area contributed by atoms with E-state index < -0.39 is 0 Å². The predicted octanol–water partition coefficient (Wildman–Crippen LogP) is 4.40. The Labute approximate surface area is 247 Å². The van der Waals surface area contributed by atoms with Crippen LogP contribution in [-0.2, 0) is 11.2 Å². The molecule has 220 valence electrons. The molecule has 2 N–H and O–H groups in total. The number of hydrogen-bond acceptors (Lipinski definition) is 10. The lowest BCUT2D eigenvalue weighted by Gasteiger charge is -2.36. The Bertz CT molecular complexity index is 1300. The molecule has 5 rings (SSSR count). The van der Waals surface area contributed by atoms with E-state index in [-0.39, 0.29) is 5.92 Å². The van der Waals surface area contributed by atoms with Crippen LogP contribution in [0.5, 0.6) is 5.75 Å². The molecule has 3 aromatic rings. The number of Topliss-reactive ketones (excluding diaryl/α,β-unsaturated/α-hetero) is 1. The van der Waals surface area contributed by atoms with Crippen molar-refractivity contribution in [2.75, 3.05) is 70.7 Å². The third-order valence-corrected chi connectivity index (χ3v) is 8.71. The minimum Gasteiger partial charge on any atom is -0.490 e. The van der Waals surface area contributed by atoms with Gasteiger partial charge in [-0.05, 0) is 63.3 Å². The van der Waals surface area contributed by atoms with Crippen LogP contribution in [0.25, 0.3) is 0 Å². The maximum atomic E-state index is 12.7. The van der Waals surface area contributed by atoms with Gasteiger partial charge in [-0.25, -0.2) is 9.97 Å². The zero-order chi connectivity index (χ0) is 28.8. The molecule has 2 aliphatic rings. The molecule has 0 bridgehead atoms. The summed E-state index contributed by atoms with van der Waals surface area (Å²) in [5, 5.41) is 11.3. The Kier molecular flexibility index (Phi) is 9.79. The summed E-state index contributed by atoms with van der Waals surface area (Å²) in [6.07, 6.45) is 4.96. The van der Waals surface area contributed by atoms with Gasteiger partial charge in [-0.1, -0.05) is 25.0 Å². The van der Waals surface area contributed by atoms with E-state index in [2.05, 4.69) is 68.6 Å². The van der Waals surface area contributed by atoms with E-state index in [4.69, 9.17) is 14.7 Å². The second-order valence-electron chi connectivity index (χ2n) is 11.3. The summed E-state index contributed by atoms with van der Waals surface area (Å²) in [4.78, 5) is 30.5. The van der Waals surface area contributed by atoms with Gasteiger partial charge in [-0.2, -0.15) is 5.10 Å². The Morgan fingerprint density at radius 1 is 1.12 bits per heavy atom. The van der Waals surface area contributed by atoms with Gasteiger partial charge in [-0.3, -0.25) is 14.8 Å². The molecule has 1 aliphatic heterocycles. The molecule has 2 aromatic heterocycles. The third kappa shape index (κ3) is 7.78. The van der Waals surface area contributed by atoms with Crippen molar-refractivity contribution in [3.63, 3.8) is 0 Å². The number of carbonyl (C=O) groups is 1. The number of ether oxygens (including phenoxy) is 1. The van der Waals surface area contributed by atoms with Crippen molar-refractivity contribution in [2.45, 2.75) is 49.1 Å². The second kappa shape index (κ2) is 13.7. The zero-order valence-corrected chi connectivity index (χ0v) is 25.5. The number of aromatic amines is 1. The van der Waals surface area contributed by atoms with Crippen molar-refractivity contribution in [1.82, 2.24) is 30.0 Å². The zero-order valence-electron chi connectivity index (χ0n) is 24.7. The van der Waals surface area contributed by atoms with Crippen molar-refractivity contribution >= 4 is 35.0 Å². The van der Waals surface area contributed by atoms with E-state index in [9.17, 15) is 4.79 Å². The number of anilines is 3. The van der Waals surface area contributed by atoms with Gasteiger partial charge in [0.05, 0.1) is 7.11 Å². The van der Waals surface area contributed by atoms with Crippen LogP contribution in [0.2, 0.25) is 0 Å². The summed E-state index contributed by atoms with van der Waals surface area (Å²) in [5.74, 6) is 3.27. The SMILES string of the molecule is COc1c(Nc2cc(C)[nH]n2)nc(Sc2ccc(CC(=O)C3CCCC3)cc2)nc1N1CCN(CCN(C)C)CC1. The molecular weight excluding hydrogens is 536 g/mol. The lowest BCUT2D eigenvalue weighted by molar-refractivity contribution is -0.122. The van der Waals surface area contributed by atoms with Crippen LogP contribution in [0.1, 0.15) is 36.9 Å². The van der Waals surface area contributed by atoms with Gasteiger partial charge in [-0.15, -0.1) is 0 Å². The lowest BCUT2D eigenvalue weighted by Crippen LogP contribution is -2.48. The molecule has 1 saturated carbocycles. The van der Waals surface area contributed by atoms with E-state index >= 15 is 0 Å². The largest absolute Gasteiger partial charge is 0.490 e. The first-order valence-corrected chi connectivity index (χ1v) is 15.4. The smallest absolute Gasteiger partial charge is 0.204 e. The number of aromatic nitrogens is 4. The Balaban J connectivity index is 1.35. The van der Waals surface area contributed by atoms with Gasteiger partial charge < -0.3 is 19.9 Å². The number of H-pyrrole nitrogens is 1. The van der Waals surface area contributed by atoms with Crippen molar-refractivity contribution in [3.05, 3.63) is 41.6 Å². The van der Waals surface area contributed by atoms with Gasteiger partial charge in [0.1, 0.15) is 5.78 Å². The highest BCUT2D eigenvalue weighted by Gasteiger charge is 2.26. The molecule has 1 aromatic carbocycles. The van der Waals surface area contributed by atoms with E-state index in [0.717, 1.165) is 74.1 Å². The van der Waals surface area contributed by atoms with E-state index in [0.29, 0.717) is 34.7 Å². The highest BCUT2D eigenvalue weighted by molar-refractivity contribution is 7.99. The molecule has 0 atom stereocenters. The van der Waals surface area contributed by atoms with Gasteiger partial charge in [0, 0.05) is 68.3 Å². The fraction of sp³-hybridized carbons (Fsp3) is 0.533. The minimum atomic E-state index is 0.245. The summed E-state index contributed by atoms with van der Waals surface area (Å²) in [7, 11) is 5.88. The first kappa shape index (κ1) is 29.3. The number of nitrogens with one attached hydrogen (secondary N) is 2. The summed E-state index contributed by atoms with van der Waals surface area (Å²) in [6.45, 7) is 7.70. The molecule has 0 unspecified atom stereocenters. The molecule has 41 heavy (non-hydrogen) atoms. The number of piperazine rings is 1. The monoisotopic (exact) mass is 578 g/mol. The average Bonchev–Trinajstić information content (AvgIpc) is 3.65. The molecule has 11 heteroatoms. The van der Waals surface area contributed by atoms with Crippen molar-refractivity contribution < 1.29 is 9.53 Å². The quantitative estimate of drug-likeness (QED) is 0.301. The van der Waals surface area contributed by atoms with Gasteiger partial charge in [0.25, 0.3) is 0 Å². The first-order chi connectivity index (χ1) is 19.9. The number of likely N-dealkylation sites (N-methyl/N-ethyl adjacent to an activating group) is 1. The maximum absolute atomic E-state index is 12.7. The topological polar surface area (TPSA) is 103 Å². The number of aryl methyl sites for hydroxylation is 1. The number of hydrogen-bond donors (Lipinski definition) is 2. The molecule has 0 amide bonds. The summed E-state index contributed by atoms with van der Waals surface area (Å²) in [6, 6.07) is 10.2.